The van der Waals surface area contributed by atoms with Crippen LogP contribution in [0, 0.1) is 6.92 Å². The molecule has 1 aliphatic rings. The zero-order valence-corrected chi connectivity index (χ0v) is 16.0. The maximum absolute atomic E-state index is 12.6. The predicted molar refractivity (Wildman–Crippen MR) is 106 cm³/mol. The summed E-state index contributed by atoms with van der Waals surface area (Å²) in [7, 11) is 0. The Morgan fingerprint density at radius 3 is 2.50 bits per heavy atom. The largest absolute Gasteiger partial charge is 0.506 e. The molecule has 0 saturated carbocycles. The van der Waals surface area contributed by atoms with Crippen molar-refractivity contribution in [2.45, 2.75) is 6.92 Å². The maximum Gasteiger partial charge on any atom is 0.344 e. The number of ether oxygens (including phenoxy) is 1. The summed E-state index contributed by atoms with van der Waals surface area (Å²) in [5.41, 5.74) is 2.06. The number of nitrogens with zero attached hydrogens (tertiary/aromatic N) is 1. The van der Waals surface area contributed by atoms with E-state index in [4.69, 9.17) is 20.8 Å². The summed E-state index contributed by atoms with van der Waals surface area (Å²) < 4.78 is 10.6. The number of fused-ring (bicyclic) bond motifs is 1. The third-order valence-electron chi connectivity index (χ3n) is 4.95. The van der Waals surface area contributed by atoms with E-state index in [0.717, 1.165) is 0 Å². The van der Waals surface area contributed by atoms with Gasteiger partial charge in [0.05, 0.1) is 23.8 Å². The molecule has 1 amide bonds. The van der Waals surface area contributed by atoms with Gasteiger partial charge >= 0.3 is 5.63 Å². The van der Waals surface area contributed by atoms with E-state index in [-0.39, 0.29) is 22.3 Å². The SMILES string of the molecule is Cc1c(-c2ccc(C(=O)N3CCOCC3)cc2)c(=O)oc2cc(O)c(Cl)cc12. The summed E-state index contributed by atoms with van der Waals surface area (Å²) in [6, 6.07) is 9.80. The second kappa shape index (κ2) is 7.30. The average molecular weight is 400 g/mol. The van der Waals surface area contributed by atoms with Gasteiger partial charge in [-0.2, -0.15) is 0 Å². The van der Waals surface area contributed by atoms with Crippen molar-refractivity contribution in [3.8, 4) is 16.9 Å². The number of aryl methyl sites for hydroxylation is 1. The number of hydrogen-bond donors (Lipinski definition) is 1. The molecule has 1 aliphatic heterocycles. The van der Waals surface area contributed by atoms with E-state index in [9.17, 15) is 14.7 Å². The first-order valence-corrected chi connectivity index (χ1v) is 9.27. The van der Waals surface area contributed by atoms with Gasteiger partial charge in [0.25, 0.3) is 5.91 Å². The highest BCUT2D eigenvalue weighted by molar-refractivity contribution is 6.32. The van der Waals surface area contributed by atoms with Crippen molar-refractivity contribution in [2.24, 2.45) is 0 Å². The lowest BCUT2D eigenvalue weighted by atomic mass is 9.98. The highest BCUT2D eigenvalue weighted by Crippen LogP contribution is 2.33. The molecule has 6 nitrogen and oxygen atoms in total. The van der Waals surface area contributed by atoms with Gasteiger partial charge in [-0.15, -0.1) is 0 Å². The summed E-state index contributed by atoms with van der Waals surface area (Å²) >= 11 is 6.01. The molecule has 1 fully saturated rings. The summed E-state index contributed by atoms with van der Waals surface area (Å²) in [6.45, 7) is 4.02. The van der Waals surface area contributed by atoms with E-state index in [2.05, 4.69) is 0 Å². The third kappa shape index (κ3) is 3.25. The predicted octanol–water partition coefficient (Wildman–Crippen LogP) is 3.60. The van der Waals surface area contributed by atoms with Crippen LogP contribution >= 0.6 is 11.6 Å². The molecule has 3 aromatic rings. The molecule has 1 saturated heterocycles. The second-order valence-electron chi connectivity index (χ2n) is 6.67. The van der Waals surface area contributed by atoms with E-state index in [1.165, 1.54) is 6.07 Å². The highest BCUT2D eigenvalue weighted by Gasteiger charge is 2.19. The summed E-state index contributed by atoms with van der Waals surface area (Å²) in [5.74, 6) is -0.199. The van der Waals surface area contributed by atoms with Crippen molar-refractivity contribution in [2.75, 3.05) is 26.3 Å². The molecule has 144 valence electrons. The summed E-state index contributed by atoms with van der Waals surface area (Å²) in [4.78, 5) is 26.9. The summed E-state index contributed by atoms with van der Waals surface area (Å²) in [6.07, 6.45) is 0. The fourth-order valence-corrected chi connectivity index (χ4v) is 3.59. The zero-order chi connectivity index (χ0) is 19.8. The van der Waals surface area contributed by atoms with Crippen LogP contribution in [0.5, 0.6) is 5.75 Å². The topological polar surface area (TPSA) is 80.0 Å². The van der Waals surface area contributed by atoms with Crippen molar-refractivity contribution in [3.63, 3.8) is 0 Å². The first kappa shape index (κ1) is 18.5. The lowest BCUT2D eigenvalue weighted by Gasteiger charge is -2.26. The minimum Gasteiger partial charge on any atom is -0.506 e. The molecule has 0 atom stereocenters. The number of rotatable bonds is 2. The quantitative estimate of drug-likeness (QED) is 0.666. The molecule has 1 aromatic heterocycles. The van der Waals surface area contributed by atoms with Crippen molar-refractivity contribution in [1.82, 2.24) is 4.90 Å². The number of phenols is 1. The van der Waals surface area contributed by atoms with Crippen LogP contribution in [0.3, 0.4) is 0 Å². The van der Waals surface area contributed by atoms with Crippen LogP contribution in [0.25, 0.3) is 22.1 Å². The third-order valence-corrected chi connectivity index (χ3v) is 5.26. The fourth-order valence-electron chi connectivity index (χ4n) is 3.42. The zero-order valence-electron chi connectivity index (χ0n) is 15.2. The van der Waals surface area contributed by atoms with Crippen LogP contribution < -0.4 is 5.63 Å². The van der Waals surface area contributed by atoms with Gasteiger partial charge < -0.3 is 19.2 Å². The molecule has 7 heteroatoms. The lowest BCUT2D eigenvalue weighted by Crippen LogP contribution is -2.40. The first-order valence-electron chi connectivity index (χ1n) is 8.89. The number of morpholine rings is 1. The molecule has 0 spiro atoms. The van der Waals surface area contributed by atoms with Crippen molar-refractivity contribution in [3.05, 3.63) is 63.0 Å². The van der Waals surface area contributed by atoms with Gasteiger partial charge in [-0.25, -0.2) is 4.79 Å². The number of hydrogen-bond acceptors (Lipinski definition) is 5. The van der Waals surface area contributed by atoms with Crippen LogP contribution in [0.2, 0.25) is 5.02 Å². The smallest absolute Gasteiger partial charge is 0.344 e. The number of carbonyl (C=O) groups excluding carboxylic acids is 1. The Morgan fingerprint density at radius 2 is 1.82 bits per heavy atom. The molecule has 28 heavy (non-hydrogen) atoms. The van der Waals surface area contributed by atoms with Gasteiger partial charge in [0.15, 0.2) is 0 Å². The molecule has 2 aromatic carbocycles. The maximum atomic E-state index is 12.6. The Bertz CT molecular complexity index is 1110. The minimum atomic E-state index is -0.515. The van der Waals surface area contributed by atoms with E-state index >= 15 is 0 Å². The second-order valence-corrected chi connectivity index (χ2v) is 7.08. The van der Waals surface area contributed by atoms with Crippen LogP contribution in [-0.4, -0.2) is 42.2 Å². The molecular weight excluding hydrogens is 382 g/mol. The Labute approximate surface area is 165 Å². The number of benzene rings is 2. The van der Waals surface area contributed by atoms with Gasteiger partial charge in [-0.3, -0.25) is 4.79 Å². The fraction of sp³-hybridized carbons (Fsp3) is 0.238. The lowest BCUT2D eigenvalue weighted by molar-refractivity contribution is 0.0303. The van der Waals surface area contributed by atoms with Gasteiger partial charge in [0.1, 0.15) is 11.3 Å². The first-order chi connectivity index (χ1) is 13.5. The van der Waals surface area contributed by atoms with Gasteiger partial charge in [0.2, 0.25) is 0 Å². The van der Waals surface area contributed by atoms with Crippen LogP contribution in [0.15, 0.2) is 45.6 Å². The molecule has 0 radical (unpaired) electrons. The summed E-state index contributed by atoms with van der Waals surface area (Å²) in [5, 5.41) is 10.6. The molecule has 4 rings (SSSR count). The molecule has 0 unspecified atom stereocenters. The number of aromatic hydroxyl groups is 1. The number of phenolic OH excluding ortho intramolecular Hbond substituents is 1. The highest BCUT2D eigenvalue weighted by atomic mass is 35.5. The number of carbonyl (C=O) groups is 1. The van der Waals surface area contributed by atoms with E-state index < -0.39 is 5.63 Å². The van der Waals surface area contributed by atoms with Gasteiger partial charge in [0, 0.05) is 30.1 Å². The van der Waals surface area contributed by atoms with Crippen molar-refractivity contribution in [1.29, 1.82) is 0 Å². The normalized spacial score (nSPS) is 14.4. The molecule has 2 heterocycles. The van der Waals surface area contributed by atoms with Gasteiger partial charge in [-0.05, 0) is 36.2 Å². The van der Waals surface area contributed by atoms with Crippen LogP contribution in [-0.2, 0) is 4.74 Å². The van der Waals surface area contributed by atoms with Gasteiger partial charge in [-0.1, -0.05) is 23.7 Å². The van der Waals surface area contributed by atoms with E-state index in [1.54, 1.807) is 42.2 Å². The minimum absolute atomic E-state index is 0.0561. The molecule has 1 N–H and O–H groups in total. The molecule has 0 aliphatic carbocycles. The molecule has 0 bridgehead atoms. The Morgan fingerprint density at radius 1 is 1.14 bits per heavy atom. The number of amides is 1. The van der Waals surface area contributed by atoms with Crippen molar-refractivity contribution < 1.29 is 19.1 Å². The average Bonchev–Trinajstić information content (AvgIpc) is 2.70. The Balaban J connectivity index is 1.73. The Hall–Kier alpha value is -2.83. The number of halogens is 1. The standard InChI is InChI=1S/C21H18ClNO5/c1-12-15-10-16(22)17(24)11-18(15)28-21(26)19(12)13-2-4-14(5-3-13)20(25)23-6-8-27-9-7-23/h2-5,10-11,24H,6-9H2,1H3. The van der Waals surface area contributed by atoms with Crippen LogP contribution in [0.1, 0.15) is 15.9 Å². The van der Waals surface area contributed by atoms with E-state index in [1.807, 2.05) is 0 Å². The van der Waals surface area contributed by atoms with Crippen LogP contribution in [0.4, 0.5) is 0 Å². The Kier molecular flexibility index (Phi) is 4.83. The van der Waals surface area contributed by atoms with Crippen molar-refractivity contribution >= 4 is 28.5 Å². The van der Waals surface area contributed by atoms with E-state index in [0.29, 0.717) is 53.9 Å². The molecular formula is C21H18ClNO5. The monoisotopic (exact) mass is 399 g/mol.